The van der Waals surface area contributed by atoms with Crippen molar-refractivity contribution in [1.29, 1.82) is 0 Å². The number of H-pyrrole nitrogens is 1. The average Bonchev–Trinajstić information content (AvgIpc) is 3.30. The van der Waals surface area contributed by atoms with Gasteiger partial charge in [-0.05, 0) is 59.5 Å². The lowest BCUT2D eigenvalue weighted by Gasteiger charge is -2.18. The molecule has 0 fully saturated rings. The van der Waals surface area contributed by atoms with Crippen molar-refractivity contribution >= 4 is 16.8 Å². The molecule has 0 unspecified atom stereocenters. The maximum Gasteiger partial charge on any atom is 0.252 e. The van der Waals surface area contributed by atoms with Gasteiger partial charge in [0.1, 0.15) is 5.75 Å². The Morgan fingerprint density at radius 2 is 1.76 bits per heavy atom. The molecule has 7 heteroatoms. The highest BCUT2D eigenvalue weighted by Crippen LogP contribution is 2.35. The first-order valence-electron chi connectivity index (χ1n) is 10.9. The van der Waals surface area contributed by atoms with Crippen LogP contribution in [0.2, 0.25) is 0 Å². The molecule has 0 saturated carbocycles. The molecule has 1 heterocycles. The summed E-state index contributed by atoms with van der Waals surface area (Å²) in [5.74, 6) is 1.49. The third-order valence-corrected chi connectivity index (χ3v) is 5.86. The van der Waals surface area contributed by atoms with Gasteiger partial charge in [0.15, 0.2) is 11.5 Å². The summed E-state index contributed by atoms with van der Waals surface area (Å²) in [5, 5.41) is 14.1. The minimum Gasteiger partial charge on any atom is -0.497 e. The molecule has 0 aliphatic carbocycles. The summed E-state index contributed by atoms with van der Waals surface area (Å²) in [7, 11) is 4.72. The molecule has 34 heavy (non-hydrogen) atoms. The van der Waals surface area contributed by atoms with Gasteiger partial charge in [0.25, 0.3) is 5.91 Å². The van der Waals surface area contributed by atoms with Crippen LogP contribution in [-0.4, -0.2) is 50.0 Å². The second-order valence-corrected chi connectivity index (χ2v) is 7.90. The quantitative estimate of drug-likeness (QED) is 0.348. The van der Waals surface area contributed by atoms with Gasteiger partial charge in [-0.15, -0.1) is 0 Å². The summed E-state index contributed by atoms with van der Waals surface area (Å²) >= 11 is 0. The van der Waals surface area contributed by atoms with Gasteiger partial charge < -0.3 is 29.6 Å². The van der Waals surface area contributed by atoms with Crippen molar-refractivity contribution in [2.45, 2.75) is 12.5 Å². The van der Waals surface area contributed by atoms with Crippen molar-refractivity contribution < 1.29 is 24.1 Å². The first-order valence-corrected chi connectivity index (χ1v) is 10.9. The predicted octanol–water partition coefficient (Wildman–Crippen LogP) is 4.19. The lowest BCUT2D eigenvalue weighted by molar-refractivity contribution is 0.0917. The number of nitrogens with one attached hydrogen (secondary N) is 2. The van der Waals surface area contributed by atoms with Crippen molar-refractivity contribution in [3.8, 4) is 28.4 Å². The Bertz CT molecular complexity index is 1300. The molecule has 1 atom stereocenters. The number of hydrogen-bond donors (Lipinski definition) is 3. The zero-order valence-electron chi connectivity index (χ0n) is 19.4. The highest BCUT2D eigenvalue weighted by atomic mass is 16.5. The van der Waals surface area contributed by atoms with Crippen LogP contribution in [0.5, 0.6) is 17.2 Å². The van der Waals surface area contributed by atoms with Gasteiger partial charge in [-0.2, -0.15) is 0 Å². The fourth-order valence-corrected chi connectivity index (χ4v) is 4.08. The van der Waals surface area contributed by atoms with Gasteiger partial charge in [-0.1, -0.05) is 24.3 Å². The summed E-state index contributed by atoms with van der Waals surface area (Å²) in [4.78, 5) is 16.6. The van der Waals surface area contributed by atoms with E-state index >= 15 is 0 Å². The van der Waals surface area contributed by atoms with Crippen LogP contribution in [0.15, 0.2) is 66.9 Å². The second kappa shape index (κ2) is 10.3. The fraction of sp³-hybridized carbons (Fsp3) is 0.222. The van der Waals surface area contributed by atoms with E-state index in [0.717, 1.165) is 22.0 Å². The summed E-state index contributed by atoms with van der Waals surface area (Å²) < 4.78 is 16.2. The number of para-hydroxylation sites is 1. The number of carbonyl (C=O) groups excluding carboxylic acids is 1. The lowest BCUT2D eigenvalue weighted by Crippen LogP contribution is -2.39. The Hall–Kier alpha value is -3.97. The van der Waals surface area contributed by atoms with E-state index in [0.29, 0.717) is 34.8 Å². The highest BCUT2D eigenvalue weighted by molar-refractivity contribution is 6.01. The van der Waals surface area contributed by atoms with Crippen molar-refractivity contribution in [3.05, 3.63) is 78.0 Å². The van der Waals surface area contributed by atoms with Crippen LogP contribution in [-0.2, 0) is 6.42 Å². The Kier molecular flexibility index (Phi) is 7.04. The van der Waals surface area contributed by atoms with Crippen molar-refractivity contribution in [3.63, 3.8) is 0 Å². The highest BCUT2D eigenvalue weighted by Gasteiger charge is 2.20. The Labute approximate surface area is 198 Å². The van der Waals surface area contributed by atoms with E-state index in [9.17, 15) is 9.90 Å². The summed E-state index contributed by atoms with van der Waals surface area (Å²) in [6.07, 6.45) is 2.41. The zero-order valence-corrected chi connectivity index (χ0v) is 19.4. The van der Waals surface area contributed by atoms with Gasteiger partial charge in [-0.25, -0.2) is 0 Å². The summed E-state index contributed by atoms with van der Waals surface area (Å²) in [6, 6.07) is 18.3. The molecule has 3 N–H and O–H groups in total. The van der Waals surface area contributed by atoms with Gasteiger partial charge in [0.2, 0.25) is 0 Å². The van der Waals surface area contributed by atoms with Crippen LogP contribution in [0, 0.1) is 0 Å². The molecule has 0 aliphatic rings. The van der Waals surface area contributed by atoms with E-state index in [1.54, 1.807) is 39.5 Å². The third kappa shape index (κ3) is 4.70. The molecule has 0 aliphatic heterocycles. The third-order valence-electron chi connectivity index (χ3n) is 5.86. The van der Waals surface area contributed by atoms with Crippen LogP contribution >= 0.6 is 0 Å². The van der Waals surface area contributed by atoms with Crippen LogP contribution in [0.4, 0.5) is 0 Å². The molecule has 1 amide bonds. The van der Waals surface area contributed by atoms with Crippen molar-refractivity contribution in [2.75, 3.05) is 27.9 Å². The van der Waals surface area contributed by atoms with Crippen molar-refractivity contribution in [1.82, 2.24) is 10.3 Å². The molecule has 4 rings (SSSR count). The van der Waals surface area contributed by atoms with Crippen LogP contribution < -0.4 is 19.5 Å². The number of methoxy groups -OCH3 is 3. The number of aliphatic hydroxyl groups is 1. The molecule has 0 radical (unpaired) electrons. The van der Waals surface area contributed by atoms with E-state index in [1.165, 1.54) is 0 Å². The molecule has 0 spiro atoms. The molecule has 7 nitrogen and oxygen atoms in total. The van der Waals surface area contributed by atoms with E-state index in [2.05, 4.69) is 10.3 Å². The molecular weight excluding hydrogens is 432 g/mol. The average molecular weight is 461 g/mol. The van der Waals surface area contributed by atoms with Crippen LogP contribution in [0.3, 0.4) is 0 Å². The van der Waals surface area contributed by atoms with E-state index in [4.69, 9.17) is 14.2 Å². The second-order valence-electron chi connectivity index (χ2n) is 7.90. The predicted molar refractivity (Wildman–Crippen MR) is 132 cm³/mol. The van der Waals surface area contributed by atoms with Crippen LogP contribution in [0.1, 0.15) is 15.9 Å². The van der Waals surface area contributed by atoms with Gasteiger partial charge in [0, 0.05) is 22.7 Å². The van der Waals surface area contributed by atoms with E-state index in [-0.39, 0.29) is 12.5 Å². The fourth-order valence-electron chi connectivity index (χ4n) is 4.08. The number of rotatable bonds is 9. The zero-order chi connectivity index (χ0) is 24.1. The Balaban J connectivity index is 1.63. The first kappa shape index (κ1) is 23.2. The number of hydrogen-bond acceptors (Lipinski definition) is 5. The van der Waals surface area contributed by atoms with Gasteiger partial charge in [0.05, 0.1) is 34.0 Å². The SMILES string of the molecule is COc1ccc(C(=O)N[C@@H](CO)Cc2c[nH]c3ccccc23)c(-c2ccc(OC)c(OC)c2)c1. The minimum atomic E-state index is -0.452. The number of aromatic amines is 1. The Morgan fingerprint density at radius 3 is 2.50 bits per heavy atom. The number of carbonyl (C=O) groups is 1. The standard InChI is InChI=1S/C27H28N2O5/c1-32-20-9-10-22(23(14-20)17-8-11-25(33-2)26(13-17)34-3)27(31)29-19(16-30)12-18-15-28-24-7-5-4-6-21(18)24/h4-11,13-15,19,28,30H,12,16H2,1-3H3,(H,29,31)/t19-/m1/s1. The monoisotopic (exact) mass is 460 g/mol. The smallest absolute Gasteiger partial charge is 0.252 e. The lowest BCUT2D eigenvalue weighted by atomic mass is 9.97. The van der Waals surface area contributed by atoms with E-state index in [1.807, 2.05) is 48.7 Å². The number of ether oxygens (including phenoxy) is 3. The summed E-state index contributed by atoms with van der Waals surface area (Å²) in [5.41, 5.74) is 3.97. The molecule has 3 aromatic carbocycles. The maximum atomic E-state index is 13.4. The Morgan fingerprint density at radius 1 is 0.971 bits per heavy atom. The molecular formula is C27H28N2O5. The maximum absolute atomic E-state index is 13.4. The first-order chi connectivity index (χ1) is 16.6. The normalized spacial score (nSPS) is 11.8. The van der Waals surface area contributed by atoms with E-state index < -0.39 is 6.04 Å². The molecule has 0 saturated heterocycles. The number of aliphatic hydroxyl groups excluding tert-OH is 1. The minimum absolute atomic E-state index is 0.187. The molecule has 0 bridgehead atoms. The topological polar surface area (TPSA) is 92.8 Å². The molecule has 4 aromatic rings. The number of amides is 1. The number of benzene rings is 3. The molecule has 176 valence electrons. The number of aromatic nitrogens is 1. The van der Waals surface area contributed by atoms with Crippen LogP contribution in [0.25, 0.3) is 22.0 Å². The largest absolute Gasteiger partial charge is 0.497 e. The summed E-state index contributed by atoms with van der Waals surface area (Å²) in [6.45, 7) is -0.187. The molecule has 1 aromatic heterocycles. The van der Waals surface area contributed by atoms with Crippen molar-refractivity contribution in [2.24, 2.45) is 0 Å². The van der Waals surface area contributed by atoms with Gasteiger partial charge >= 0.3 is 0 Å². The van der Waals surface area contributed by atoms with Gasteiger partial charge in [-0.3, -0.25) is 4.79 Å². The number of fused-ring (bicyclic) bond motifs is 1.